The molecular formula is C8H14. The van der Waals surface area contributed by atoms with Crippen molar-refractivity contribution < 1.29 is 0 Å². The fraction of sp³-hybridized carbons (Fsp3) is 0.750. The Labute approximate surface area is 51.6 Å². The Hall–Kier alpha value is -0.260. The van der Waals surface area contributed by atoms with E-state index in [0.29, 0.717) is 5.41 Å². The summed E-state index contributed by atoms with van der Waals surface area (Å²) >= 11 is 0. The topological polar surface area (TPSA) is 0 Å². The summed E-state index contributed by atoms with van der Waals surface area (Å²) in [5.74, 6) is 0.843. The summed E-state index contributed by atoms with van der Waals surface area (Å²) in [5, 5.41) is 0. The molecule has 0 atom stereocenters. The van der Waals surface area contributed by atoms with Crippen LogP contribution < -0.4 is 0 Å². The quantitative estimate of drug-likeness (QED) is 0.455. The van der Waals surface area contributed by atoms with Crippen LogP contribution in [0.1, 0.15) is 27.2 Å². The molecule has 0 heterocycles. The molecule has 0 heteroatoms. The largest absolute Gasteiger partial charge is 0.0810 e. The van der Waals surface area contributed by atoms with Gasteiger partial charge in [-0.25, -0.2) is 0 Å². The zero-order valence-electron chi connectivity index (χ0n) is 5.94. The maximum atomic E-state index is 2.28. The molecule has 0 aliphatic heterocycles. The van der Waals surface area contributed by atoms with E-state index in [1.54, 1.807) is 0 Å². The third-order valence-corrected chi connectivity index (χ3v) is 1.31. The van der Waals surface area contributed by atoms with Crippen molar-refractivity contribution >= 4 is 0 Å². The Kier molecular flexibility index (Phi) is 1.18. The zero-order valence-corrected chi connectivity index (χ0v) is 5.94. The minimum Gasteiger partial charge on any atom is -0.0810 e. The van der Waals surface area contributed by atoms with Gasteiger partial charge in [-0.2, -0.15) is 0 Å². The van der Waals surface area contributed by atoms with Gasteiger partial charge in [0.15, 0.2) is 0 Å². The van der Waals surface area contributed by atoms with Gasteiger partial charge in [0.1, 0.15) is 0 Å². The average Bonchev–Trinajstić information content (AvgIpc) is 2.12. The highest BCUT2D eigenvalue weighted by Gasteiger charge is 2.19. The Morgan fingerprint density at radius 3 is 1.88 bits per heavy atom. The molecule has 0 bridgehead atoms. The number of rotatable bonds is 1. The van der Waals surface area contributed by atoms with Gasteiger partial charge in [0, 0.05) is 0 Å². The molecule has 0 radical (unpaired) electrons. The molecular weight excluding hydrogens is 96.1 g/mol. The predicted octanol–water partition coefficient (Wildman–Crippen LogP) is 2.61. The molecule has 1 aliphatic carbocycles. The first-order valence-corrected chi connectivity index (χ1v) is 3.26. The number of hydrogen-bond donors (Lipinski definition) is 0. The van der Waals surface area contributed by atoms with E-state index in [1.165, 1.54) is 6.42 Å². The molecule has 0 nitrogen and oxygen atoms in total. The van der Waals surface area contributed by atoms with Crippen LogP contribution in [0.15, 0.2) is 12.2 Å². The Morgan fingerprint density at radius 2 is 1.75 bits per heavy atom. The van der Waals surface area contributed by atoms with E-state index >= 15 is 0 Å². The van der Waals surface area contributed by atoms with Gasteiger partial charge in [0.2, 0.25) is 0 Å². The molecule has 0 unspecified atom stereocenters. The van der Waals surface area contributed by atoms with Gasteiger partial charge in [-0.1, -0.05) is 32.9 Å². The minimum atomic E-state index is 0.522. The molecule has 0 amide bonds. The molecule has 1 aliphatic rings. The molecule has 0 saturated carbocycles. The highest BCUT2D eigenvalue weighted by atomic mass is 14.2. The molecule has 1 rings (SSSR count). The van der Waals surface area contributed by atoms with Crippen molar-refractivity contribution in [3.8, 4) is 0 Å². The second-order valence-corrected chi connectivity index (χ2v) is 3.81. The first kappa shape index (κ1) is 5.87. The maximum absolute atomic E-state index is 2.28. The fourth-order valence-electron chi connectivity index (χ4n) is 0.922. The van der Waals surface area contributed by atoms with Crippen LogP contribution in [0.2, 0.25) is 0 Å². The summed E-state index contributed by atoms with van der Waals surface area (Å²) in [5.41, 5.74) is 0.522. The predicted molar refractivity (Wildman–Crippen MR) is 36.7 cm³/mol. The van der Waals surface area contributed by atoms with Crippen molar-refractivity contribution in [1.82, 2.24) is 0 Å². The molecule has 0 saturated heterocycles. The van der Waals surface area contributed by atoms with E-state index in [4.69, 9.17) is 0 Å². The number of allylic oxidation sites excluding steroid dienone is 2. The lowest BCUT2D eigenvalue weighted by Gasteiger charge is -2.16. The van der Waals surface area contributed by atoms with Crippen molar-refractivity contribution in [2.75, 3.05) is 0 Å². The first-order valence-electron chi connectivity index (χ1n) is 3.26. The van der Waals surface area contributed by atoms with Crippen LogP contribution in [0.3, 0.4) is 0 Å². The molecule has 0 N–H and O–H groups in total. The van der Waals surface area contributed by atoms with Crippen LogP contribution in [0.5, 0.6) is 0 Å². The Balaban J connectivity index is 2.17. The zero-order chi connectivity index (χ0) is 6.20. The average molecular weight is 110 g/mol. The number of hydrogen-bond acceptors (Lipinski definition) is 0. The van der Waals surface area contributed by atoms with E-state index in [2.05, 4.69) is 32.9 Å². The SMILES string of the molecule is CC(C)(C)CC1C=C1. The summed E-state index contributed by atoms with van der Waals surface area (Å²) < 4.78 is 0. The van der Waals surface area contributed by atoms with Crippen LogP contribution in [0.4, 0.5) is 0 Å². The summed E-state index contributed by atoms with van der Waals surface area (Å²) in [6.07, 6.45) is 5.86. The van der Waals surface area contributed by atoms with Gasteiger partial charge in [0.05, 0.1) is 0 Å². The Bertz CT molecular complexity index is 97.7. The molecule has 0 aromatic carbocycles. The summed E-state index contributed by atoms with van der Waals surface area (Å²) in [6.45, 7) is 6.85. The van der Waals surface area contributed by atoms with Crippen molar-refractivity contribution in [1.29, 1.82) is 0 Å². The monoisotopic (exact) mass is 110 g/mol. The van der Waals surface area contributed by atoms with Crippen LogP contribution in [-0.4, -0.2) is 0 Å². The van der Waals surface area contributed by atoms with E-state index in [1.807, 2.05) is 0 Å². The van der Waals surface area contributed by atoms with Crippen LogP contribution in [-0.2, 0) is 0 Å². The lowest BCUT2D eigenvalue weighted by molar-refractivity contribution is 0.364. The van der Waals surface area contributed by atoms with Gasteiger partial charge in [0.25, 0.3) is 0 Å². The van der Waals surface area contributed by atoms with Crippen LogP contribution >= 0.6 is 0 Å². The van der Waals surface area contributed by atoms with Gasteiger partial charge >= 0.3 is 0 Å². The van der Waals surface area contributed by atoms with Crippen LogP contribution in [0.25, 0.3) is 0 Å². The van der Waals surface area contributed by atoms with Gasteiger partial charge in [-0.05, 0) is 17.8 Å². The van der Waals surface area contributed by atoms with Crippen molar-refractivity contribution in [3.05, 3.63) is 12.2 Å². The summed E-state index contributed by atoms with van der Waals surface area (Å²) in [4.78, 5) is 0. The molecule has 0 aromatic rings. The van der Waals surface area contributed by atoms with Gasteiger partial charge < -0.3 is 0 Å². The lowest BCUT2D eigenvalue weighted by Crippen LogP contribution is -2.05. The summed E-state index contributed by atoms with van der Waals surface area (Å²) in [6, 6.07) is 0. The standard InChI is InChI=1S/C8H14/c1-8(2,3)6-7-4-5-7/h4-5,7H,6H2,1-3H3. The molecule has 0 spiro atoms. The van der Waals surface area contributed by atoms with Crippen molar-refractivity contribution in [2.24, 2.45) is 11.3 Å². The van der Waals surface area contributed by atoms with E-state index in [-0.39, 0.29) is 0 Å². The van der Waals surface area contributed by atoms with Crippen molar-refractivity contribution in [3.63, 3.8) is 0 Å². The third kappa shape index (κ3) is 2.15. The van der Waals surface area contributed by atoms with Crippen LogP contribution in [0, 0.1) is 11.3 Å². The van der Waals surface area contributed by atoms with Crippen molar-refractivity contribution in [2.45, 2.75) is 27.2 Å². The van der Waals surface area contributed by atoms with Gasteiger partial charge in [-0.3, -0.25) is 0 Å². The smallest absolute Gasteiger partial charge is 0.00481 e. The summed E-state index contributed by atoms with van der Waals surface area (Å²) in [7, 11) is 0. The lowest BCUT2D eigenvalue weighted by atomic mass is 9.89. The molecule has 0 aromatic heterocycles. The first-order chi connectivity index (χ1) is 3.58. The third-order valence-electron chi connectivity index (χ3n) is 1.31. The van der Waals surface area contributed by atoms with E-state index in [9.17, 15) is 0 Å². The minimum absolute atomic E-state index is 0.522. The second kappa shape index (κ2) is 1.61. The molecule has 46 valence electrons. The highest BCUT2D eigenvalue weighted by molar-refractivity contribution is 5.13. The van der Waals surface area contributed by atoms with Gasteiger partial charge in [-0.15, -0.1) is 0 Å². The normalized spacial score (nSPS) is 19.4. The highest BCUT2D eigenvalue weighted by Crippen LogP contribution is 2.31. The Morgan fingerprint density at radius 1 is 1.25 bits per heavy atom. The fourth-order valence-corrected chi connectivity index (χ4v) is 0.922. The second-order valence-electron chi connectivity index (χ2n) is 3.81. The molecule has 8 heavy (non-hydrogen) atoms. The van der Waals surface area contributed by atoms with E-state index < -0.39 is 0 Å². The maximum Gasteiger partial charge on any atom is -0.00481 e. The van der Waals surface area contributed by atoms with E-state index in [0.717, 1.165) is 5.92 Å². The molecule has 0 fully saturated rings.